The molecule has 0 aliphatic rings. The number of anilines is 1. The zero-order valence-corrected chi connectivity index (χ0v) is 11.1. The van der Waals surface area contributed by atoms with Gasteiger partial charge in [0.1, 0.15) is 0 Å². The Labute approximate surface area is 107 Å². The van der Waals surface area contributed by atoms with Crippen molar-refractivity contribution in [3.8, 4) is 0 Å². The van der Waals surface area contributed by atoms with Crippen molar-refractivity contribution in [2.75, 3.05) is 11.9 Å². The zero-order valence-electron chi connectivity index (χ0n) is 11.1. The highest BCUT2D eigenvalue weighted by atomic mass is 15.1. The Kier molecular flexibility index (Phi) is 3.92. The van der Waals surface area contributed by atoms with Crippen LogP contribution in [0.1, 0.15) is 31.2 Å². The second-order valence-corrected chi connectivity index (χ2v) is 4.64. The lowest BCUT2D eigenvalue weighted by molar-refractivity contribution is 0.720. The minimum atomic E-state index is 0.417. The van der Waals surface area contributed by atoms with Crippen LogP contribution in [0.5, 0.6) is 0 Å². The van der Waals surface area contributed by atoms with E-state index < -0.39 is 0 Å². The van der Waals surface area contributed by atoms with Crippen molar-refractivity contribution < 1.29 is 0 Å². The van der Waals surface area contributed by atoms with Gasteiger partial charge in [0.05, 0.1) is 6.33 Å². The van der Waals surface area contributed by atoms with Gasteiger partial charge in [-0.15, -0.1) is 0 Å². The SMILES string of the molecule is Cc1cc(C(C)C)nc(NCCn2ccnc2)n1. The number of aromatic nitrogens is 4. The van der Waals surface area contributed by atoms with Gasteiger partial charge < -0.3 is 9.88 Å². The van der Waals surface area contributed by atoms with Crippen LogP contribution in [0.3, 0.4) is 0 Å². The highest BCUT2D eigenvalue weighted by Gasteiger charge is 2.05. The van der Waals surface area contributed by atoms with Gasteiger partial charge in [-0.05, 0) is 18.9 Å². The molecule has 0 fully saturated rings. The molecule has 0 aromatic carbocycles. The Morgan fingerprint density at radius 3 is 2.83 bits per heavy atom. The van der Waals surface area contributed by atoms with E-state index in [0.717, 1.165) is 24.5 Å². The molecular formula is C13H19N5. The van der Waals surface area contributed by atoms with Crippen molar-refractivity contribution in [3.63, 3.8) is 0 Å². The number of nitrogens with one attached hydrogen (secondary N) is 1. The van der Waals surface area contributed by atoms with Crippen molar-refractivity contribution in [1.29, 1.82) is 0 Å². The van der Waals surface area contributed by atoms with Crippen molar-refractivity contribution in [2.45, 2.75) is 33.2 Å². The van der Waals surface area contributed by atoms with E-state index in [1.807, 2.05) is 23.8 Å². The first-order valence-corrected chi connectivity index (χ1v) is 6.20. The van der Waals surface area contributed by atoms with Crippen LogP contribution in [-0.2, 0) is 6.54 Å². The largest absolute Gasteiger partial charge is 0.352 e. The lowest BCUT2D eigenvalue weighted by Gasteiger charge is -2.10. The topological polar surface area (TPSA) is 55.6 Å². The average Bonchev–Trinajstić information content (AvgIpc) is 2.81. The Morgan fingerprint density at radius 1 is 1.33 bits per heavy atom. The Balaban J connectivity index is 1.96. The molecule has 0 atom stereocenters. The summed E-state index contributed by atoms with van der Waals surface area (Å²) in [5.74, 6) is 1.12. The summed E-state index contributed by atoms with van der Waals surface area (Å²) in [6.45, 7) is 7.91. The maximum atomic E-state index is 4.50. The molecule has 0 aliphatic carbocycles. The fraction of sp³-hybridized carbons (Fsp3) is 0.462. The van der Waals surface area contributed by atoms with Gasteiger partial charge in [-0.25, -0.2) is 15.0 Å². The summed E-state index contributed by atoms with van der Waals surface area (Å²) < 4.78 is 2.02. The van der Waals surface area contributed by atoms with E-state index in [1.165, 1.54) is 0 Å². The molecule has 18 heavy (non-hydrogen) atoms. The van der Waals surface area contributed by atoms with Gasteiger partial charge >= 0.3 is 0 Å². The third-order valence-electron chi connectivity index (χ3n) is 2.68. The smallest absolute Gasteiger partial charge is 0.223 e. The van der Waals surface area contributed by atoms with Gasteiger partial charge in [0.25, 0.3) is 0 Å². The first kappa shape index (κ1) is 12.5. The summed E-state index contributed by atoms with van der Waals surface area (Å²) in [5.41, 5.74) is 2.08. The highest BCUT2D eigenvalue weighted by Crippen LogP contribution is 2.14. The van der Waals surface area contributed by atoms with E-state index in [9.17, 15) is 0 Å². The first-order chi connectivity index (χ1) is 8.65. The van der Waals surface area contributed by atoms with Gasteiger partial charge in [-0.1, -0.05) is 13.8 Å². The summed E-state index contributed by atoms with van der Waals surface area (Å²) in [5, 5.41) is 3.25. The van der Waals surface area contributed by atoms with Gasteiger partial charge in [-0.3, -0.25) is 0 Å². The predicted molar refractivity (Wildman–Crippen MR) is 71.6 cm³/mol. The number of aryl methyl sites for hydroxylation is 1. The molecule has 5 heteroatoms. The summed E-state index contributed by atoms with van der Waals surface area (Å²) in [6, 6.07) is 2.03. The Bertz CT molecular complexity index is 490. The molecule has 2 heterocycles. The summed E-state index contributed by atoms with van der Waals surface area (Å²) in [4.78, 5) is 12.9. The maximum absolute atomic E-state index is 4.50. The van der Waals surface area contributed by atoms with Crippen LogP contribution >= 0.6 is 0 Å². The summed E-state index contributed by atoms with van der Waals surface area (Å²) in [7, 11) is 0. The second-order valence-electron chi connectivity index (χ2n) is 4.64. The number of hydrogen-bond donors (Lipinski definition) is 1. The second kappa shape index (κ2) is 5.62. The van der Waals surface area contributed by atoms with Crippen molar-refractivity contribution in [3.05, 3.63) is 36.2 Å². The molecule has 0 spiro atoms. The quantitative estimate of drug-likeness (QED) is 0.877. The van der Waals surface area contributed by atoms with E-state index in [0.29, 0.717) is 11.9 Å². The number of imidazole rings is 1. The van der Waals surface area contributed by atoms with E-state index in [2.05, 4.69) is 34.1 Å². The molecule has 5 nitrogen and oxygen atoms in total. The molecule has 0 amide bonds. The minimum absolute atomic E-state index is 0.417. The molecule has 96 valence electrons. The summed E-state index contributed by atoms with van der Waals surface area (Å²) in [6.07, 6.45) is 5.52. The van der Waals surface area contributed by atoms with Crippen LogP contribution < -0.4 is 5.32 Å². The van der Waals surface area contributed by atoms with E-state index in [-0.39, 0.29) is 0 Å². The van der Waals surface area contributed by atoms with Gasteiger partial charge in [0, 0.05) is 36.9 Å². The number of hydrogen-bond acceptors (Lipinski definition) is 4. The Morgan fingerprint density at radius 2 is 2.17 bits per heavy atom. The molecule has 0 bridgehead atoms. The van der Waals surface area contributed by atoms with Crippen molar-refractivity contribution >= 4 is 5.95 Å². The van der Waals surface area contributed by atoms with E-state index in [1.54, 1.807) is 12.5 Å². The average molecular weight is 245 g/mol. The van der Waals surface area contributed by atoms with Crippen LogP contribution in [0, 0.1) is 6.92 Å². The zero-order chi connectivity index (χ0) is 13.0. The molecule has 0 unspecified atom stereocenters. The molecule has 0 saturated carbocycles. The minimum Gasteiger partial charge on any atom is -0.352 e. The first-order valence-electron chi connectivity index (χ1n) is 6.20. The maximum Gasteiger partial charge on any atom is 0.223 e. The third kappa shape index (κ3) is 3.29. The monoisotopic (exact) mass is 245 g/mol. The molecule has 2 aromatic rings. The van der Waals surface area contributed by atoms with Crippen LogP contribution in [-0.4, -0.2) is 26.1 Å². The molecule has 1 N–H and O–H groups in total. The molecular weight excluding hydrogens is 226 g/mol. The normalized spacial score (nSPS) is 10.9. The number of rotatable bonds is 5. The molecule has 2 aromatic heterocycles. The Hall–Kier alpha value is -1.91. The molecule has 0 aliphatic heterocycles. The fourth-order valence-corrected chi connectivity index (χ4v) is 1.68. The highest BCUT2D eigenvalue weighted by molar-refractivity contribution is 5.28. The molecule has 0 saturated heterocycles. The van der Waals surface area contributed by atoms with Gasteiger partial charge in [0.15, 0.2) is 0 Å². The molecule has 2 rings (SSSR count). The number of nitrogens with zero attached hydrogens (tertiary/aromatic N) is 4. The van der Waals surface area contributed by atoms with Crippen LogP contribution in [0.15, 0.2) is 24.8 Å². The van der Waals surface area contributed by atoms with Gasteiger partial charge in [-0.2, -0.15) is 0 Å². The standard InChI is InChI=1S/C13H19N5/c1-10(2)12-8-11(3)16-13(17-12)15-5-7-18-6-4-14-9-18/h4,6,8-10H,5,7H2,1-3H3,(H,15,16,17). The van der Waals surface area contributed by atoms with Crippen LogP contribution in [0.2, 0.25) is 0 Å². The fourth-order valence-electron chi connectivity index (χ4n) is 1.68. The molecule has 0 radical (unpaired) electrons. The third-order valence-corrected chi connectivity index (χ3v) is 2.68. The van der Waals surface area contributed by atoms with Gasteiger partial charge in [0.2, 0.25) is 5.95 Å². The van der Waals surface area contributed by atoms with Crippen LogP contribution in [0.4, 0.5) is 5.95 Å². The van der Waals surface area contributed by atoms with Crippen molar-refractivity contribution in [1.82, 2.24) is 19.5 Å². The van der Waals surface area contributed by atoms with E-state index in [4.69, 9.17) is 0 Å². The summed E-state index contributed by atoms with van der Waals surface area (Å²) >= 11 is 0. The predicted octanol–water partition coefficient (Wildman–Crippen LogP) is 2.22. The van der Waals surface area contributed by atoms with Crippen LogP contribution in [0.25, 0.3) is 0 Å². The van der Waals surface area contributed by atoms with E-state index >= 15 is 0 Å². The lowest BCUT2D eigenvalue weighted by atomic mass is 10.1. The van der Waals surface area contributed by atoms with Crippen molar-refractivity contribution in [2.24, 2.45) is 0 Å². The lowest BCUT2D eigenvalue weighted by Crippen LogP contribution is -2.12.